The average Bonchev–Trinajstić information content (AvgIpc) is 2.68. The molecule has 0 bridgehead atoms. The van der Waals surface area contributed by atoms with Gasteiger partial charge in [0, 0.05) is 0 Å². The lowest BCUT2D eigenvalue weighted by atomic mass is 10.0. The lowest BCUT2D eigenvalue weighted by Crippen LogP contribution is -2.07. The number of rotatable bonds is 2. The average molecular weight is 252 g/mol. The summed E-state index contributed by atoms with van der Waals surface area (Å²) in [4.78, 5) is 11.6. The third kappa shape index (κ3) is 2.39. The van der Waals surface area contributed by atoms with E-state index in [9.17, 15) is 13.2 Å². The molecule has 5 heteroatoms. The SMILES string of the molecule is COC(=O)c1ccccc1C1=CCS(=O)(=O)C1. The van der Waals surface area contributed by atoms with Crippen molar-refractivity contribution < 1.29 is 17.9 Å². The minimum atomic E-state index is -3.04. The van der Waals surface area contributed by atoms with Gasteiger partial charge in [-0.15, -0.1) is 0 Å². The lowest BCUT2D eigenvalue weighted by Gasteiger charge is -2.07. The van der Waals surface area contributed by atoms with Crippen molar-refractivity contribution in [1.29, 1.82) is 0 Å². The van der Waals surface area contributed by atoms with E-state index >= 15 is 0 Å². The fourth-order valence-electron chi connectivity index (χ4n) is 1.82. The highest BCUT2D eigenvalue weighted by molar-refractivity contribution is 7.92. The summed E-state index contributed by atoms with van der Waals surface area (Å²) in [6.07, 6.45) is 1.65. The van der Waals surface area contributed by atoms with E-state index in [0.29, 0.717) is 16.7 Å². The molecule has 0 aliphatic carbocycles. The quantitative estimate of drug-likeness (QED) is 0.744. The van der Waals surface area contributed by atoms with Gasteiger partial charge in [-0.3, -0.25) is 0 Å². The van der Waals surface area contributed by atoms with Crippen LogP contribution in [0, 0.1) is 0 Å². The van der Waals surface area contributed by atoms with Crippen molar-refractivity contribution in [2.45, 2.75) is 0 Å². The number of ether oxygens (including phenoxy) is 1. The highest BCUT2D eigenvalue weighted by atomic mass is 32.2. The normalized spacial score (nSPS) is 17.6. The number of esters is 1. The number of methoxy groups -OCH3 is 1. The lowest BCUT2D eigenvalue weighted by molar-refractivity contribution is 0.0600. The maximum absolute atomic E-state index is 11.6. The van der Waals surface area contributed by atoms with Crippen LogP contribution in [0.15, 0.2) is 30.3 Å². The third-order valence-electron chi connectivity index (χ3n) is 2.64. The van der Waals surface area contributed by atoms with Gasteiger partial charge in [-0.2, -0.15) is 0 Å². The summed E-state index contributed by atoms with van der Waals surface area (Å²) < 4.78 is 27.5. The number of sulfone groups is 1. The Morgan fingerprint density at radius 3 is 2.59 bits per heavy atom. The van der Waals surface area contributed by atoms with Gasteiger partial charge < -0.3 is 4.74 Å². The molecule has 1 aromatic carbocycles. The highest BCUT2D eigenvalue weighted by Gasteiger charge is 2.24. The van der Waals surface area contributed by atoms with E-state index in [1.165, 1.54) is 7.11 Å². The van der Waals surface area contributed by atoms with Crippen LogP contribution in [-0.4, -0.2) is 33.0 Å². The second-order valence-corrected chi connectivity index (χ2v) is 5.93. The zero-order chi connectivity index (χ0) is 12.5. The molecule has 0 saturated carbocycles. The van der Waals surface area contributed by atoms with Crippen LogP contribution in [0.4, 0.5) is 0 Å². The predicted molar refractivity (Wildman–Crippen MR) is 64.4 cm³/mol. The third-order valence-corrected chi connectivity index (χ3v) is 4.06. The molecule has 0 N–H and O–H groups in total. The molecule has 4 nitrogen and oxygen atoms in total. The van der Waals surface area contributed by atoms with Gasteiger partial charge in [0.25, 0.3) is 0 Å². The maximum Gasteiger partial charge on any atom is 0.338 e. The van der Waals surface area contributed by atoms with Crippen molar-refractivity contribution >= 4 is 21.4 Å². The van der Waals surface area contributed by atoms with Crippen molar-refractivity contribution in [2.75, 3.05) is 18.6 Å². The van der Waals surface area contributed by atoms with Gasteiger partial charge in [-0.25, -0.2) is 13.2 Å². The van der Waals surface area contributed by atoms with E-state index in [1.54, 1.807) is 30.3 Å². The van der Waals surface area contributed by atoms with Crippen LogP contribution in [0.2, 0.25) is 0 Å². The number of carbonyl (C=O) groups is 1. The maximum atomic E-state index is 11.6. The molecule has 2 rings (SSSR count). The number of hydrogen-bond donors (Lipinski definition) is 0. The fourth-order valence-corrected chi connectivity index (χ4v) is 3.14. The zero-order valence-electron chi connectivity index (χ0n) is 9.34. The largest absolute Gasteiger partial charge is 0.465 e. The Labute approximate surface area is 99.8 Å². The molecule has 0 radical (unpaired) electrons. The molecule has 0 amide bonds. The minimum absolute atomic E-state index is 0.0129. The minimum Gasteiger partial charge on any atom is -0.465 e. The van der Waals surface area contributed by atoms with E-state index in [4.69, 9.17) is 0 Å². The molecule has 0 spiro atoms. The summed E-state index contributed by atoms with van der Waals surface area (Å²) in [7, 11) is -1.73. The molecule has 1 aliphatic rings. The first kappa shape index (κ1) is 11.9. The van der Waals surface area contributed by atoms with E-state index < -0.39 is 15.8 Å². The molecule has 17 heavy (non-hydrogen) atoms. The van der Waals surface area contributed by atoms with Crippen LogP contribution >= 0.6 is 0 Å². The monoisotopic (exact) mass is 252 g/mol. The molecule has 0 unspecified atom stereocenters. The van der Waals surface area contributed by atoms with Gasteiger partial charge in [-0.05, 0) is 17.2 Å². The topological polar surface area (TPSA) is 60.4 Å². The molecular weight excluding hydrogens is 240 g/mol. The van der Waals surface area contributed by atoms with Crippen molar-refractivity contribution in [3.05, 3.63) is 41.5 Å². The summed E-state index contributed by atoms with van der Waals surface area (Å²) >= 11 is 0. The van der Waals surface area contributed by atoms with Crippen LogP contribution in [0.25, 0.3) is 5.57 Å². The number of carbonyl (C=O) groups excluding carboxylic acids is 1. The first-order chi connectivity index (χ1) is 8.03. The van der Waals surface area contributed by atoms with Crippen molar-refractivity contribution in [3.8, 4) is 0 Å². The fraction of sp³-hybridized carbons (Fsp3) is 0.250. The van der Waals surface area contributed by atoms with Gasteiger partial charge >= 0.3 is 5.97 Å². The molecule has 1 aromatic rings. The molecule has 90 valence electrons. The Hall–Kier alpha value is -1.62. The Kier molecular flexibility index (Phi) is 3.02. The molecule has 0 aromatic heterocycles. The first-order valence-electron chi connectivity index (χ1n) is 5.11. The summed E-state index contributed by atoms with van der Waals surface area (Å²) in [5.74, 6) is -0.426. The van der Waals surface area contributed by atoms with E-state index in [2.05, 4.69) is 4.74 Å². The van der Waals surface area contributed by atoms with Gasteiger partial charge in [0.05, 0.1) is 24.2 Å². The summed E-state index contributed by atoms with van der Waals surface area (Å²) in [6.45, 7) is 0. The van der Waals surface area contributed by atoms with Gasteiger partial charge in [-0.1, -0.05) is 24.3 Å². The van der Waals surface area contributed by atoms with Crippen molar-refractivity contribution in [3.63, 3.8) is 0 Å². The van der Waals surface area contributed by atoms with E-state index in [0.717, 1.165) is 0 Å². The van der Waals surface area contributed by atoms with Crippen molar-refractivity contribution in [1.82, 2.24) is 0 Å². The van der Waals surface area contributed by atoms with Gasteiger partial charge in [0.1, 0.15) is 0 Å². The first-order valence-corrected chi connectivity index (χ1v) is 6.93. The summed E-state index contributed by atoms with van der Waals surface area (Å²) in [5.41, 5.74) is 1.71. The second-order valence-electron chi connectivity index (χ2n) is 3.82. The molecular formula is C12H12O4S. The van der Waals surface area contributed by atoms with E-state index in [-0.39, 0.29) is 11.5 Å². The van der Waals surface area contributed by atoms with Crippen LogP contribution in [0.3, 0.4) is 0 Å². The molecule has 1 aliphatic heterocycles. The van der Waals surface area contributed by atoms with Gasteiger partial charge in [0.15, 0.2) is 9.84 Å². The standard InChI is InChI=1S/C12H12O4S/c1-16-12(13)11-5-3-2-4-10(11)9-6-7-17(14,15)8-9/h2-6H,7-8H2,1H3. The number of hydrogen-bond acceptors (Lipinski definition) is 4. The molecule has 0 fully saturated rings. The second kappa shape index (κ2) is 4.33. The highest BCUT2D eigenvalue weighted by Crippen LogP contribution is 2.25. The van der Waals surface area contributed by atoms with Crippen LogP contribution in [0.1, 0.15) is 15.9 Å². The van der Waals surface area contributed by atoms with Crippen LogP contribution in [-0.2, 0) is 14.6 Å². The van der Waals surface area contributed by atoms with Gasteiger partial charge in [0.2, 0.25) is 0 Å². The predicted octanol–water partition coefficient (Wildman–Crippen LogP) is 1.29. The smallest absolute Gasteiger partial charge is 0.338 e. The zero-order valence-corrected chi connectivity index (χ0v) is 10.2. The molecule has 1 heterocycles. The summed E-state index contributed by atoms with van der Waals surface area (Å²) in [5, 5.41) is 0. The Morgan fingerprint density at radius 2 is 2.00 bits per heavy atom. The summed E-state index contributed by atoms with van der Waals surface area (Å²) in [6, 6.07) is 6.86. The Balaban J connectivity index is 2.44. The number of benzene rings is 1. The Bertz CT molecular complexity index is 584. The Morgan fingerprint density at radius 1 is 1.29 bits per heavy atom. The van der Waals surface area contributed by atoms with Crippen LogP contribution < -0.4 is 0 Å². The van der Waals surface area contributed by atoms with Crippen LogP contribution in [0.5, 0.6) is 0 Å². The van der Waals surface area contributed by atoms with Crippen molar-refractivity contribution in [2.24, 2.45) is 0 Å². The van der Waals surface area contributed by atoms with E-state index in [1.807, 2.05) is 0 Å². The molecule has 0 atom stereocenters. The molecule has 0 saturated heterocycles.